The van der Waals surface area contributed by atoms with E-state index in [1.54, 1.807) is 6.20 Å². The summed E-state index contributed by atoms with van der Waals surface area (Å²) < 4.78 is 7.41. The molecule has 0 aliphatic heterocycles. The molecule has 9 heteroatoms. The van der Waals surface area contributed by atoms with E-state index in [1.165, 1.54) is 11.3 Å². The first-order chi connectivity index (χ1) is 13.6. The Morgan fingerprint density at radius 1 is 1.18 bits per heavy atom. The highest BCUT2D eigenvalue weighted by Gasteiger charge is 2.15. The molecule has 0 unspecified atom stereocenters. The summed E-state index contributed by atoms with van der Waals surface area (Å²) in [6.45, 7) is 0. The zero-order valence-corrected chi connectivity index (χ0v) is 15.8. The SMILES string of the molecule is Cn1cc(C(=O)NNC(=O)CCc2nnc(-c3ccsc3)o2)c2ccccc21. The van der Waals surface area contributed by atoms with Gasteiger partial charge in [-0.25, -0.2) is 0 Å². The van der Waals surface area contributed by atoms with Gasteiger partial charge in [0.25, 0.3) is 5.91 Å². The lowest BCUT2D eigenvalue weighted by atomic mass is 10.2. The van der Waals surface area contributed by atoms with Crippen molar-refractivity contribution >= 4 is 34.1 Å². The molecule has 3 aromatic heterocycles. The monoisotopic (exact) mass is 395 g/mol. The Morgan fingerprint density at radius 2 is 2.04 bits per heavy atom. The second-order valence-corrected chi connectivity index (χ2v) is 6.97. The molecule has 4 aromatic rings. The van der Waals surface area contributed by atoms with Crippen molar-refractivity contribution < 1.29 is 14.0 Å². The summed E-state index contributed by atoms with van der Waals surface area (Å²) >= 11 is 1.54. The molecule has 1 aromatic carbocycles. The number of benzene rings is 1. The Morgan fingerprint density at radius 3 is 2.86 bits per heavy atom. The van der Waals surface area contributed by atoms with Gasteiger partial charge in [0.1, 0.15) is 0 Å². The van der Waals surface area contributed by atoms with Crippen molar-refractivity contribution in [2.45, 2.75) is 12.8 Å². The van der Waals surface area contributed by atoms with E-state index < -0.39 is 0 Å². The van der Waals surface area contributed by atoms with E-state index in [0.29, 0.717) is 17.3 Å². The molecule has 0 spiro atoms. The highest BCUT2D eigenvalue weighted by molar-refractivity contribution is 7.08. The number of hydrogen-bond acceptors (Lipinski definition) is 6. The largest absolute Gasteiger partial charge is 0.421 e. The van der Waals surface area contributed by atoms with Gasteiger partial charge in [-0.1, -0.05) is 18.2 Å². The molecular formula is C19H17N5O3S. The minimum atomic E-state index is -0.373. The molecule has 0 aliphatic rings. The van der Waals surface area contributed by atoms with Crippen LogP contribution < -0.4 is 10.9 Å². The number of nitrogens with one attached hydrogen (secondary N) is 2. The highest BCUT2D eigenvalue weighted by atomic mass is 32.1. The van der Waals surface area contributed by atoms with Gasteiger partial charge in [-0.15, -0.1) is 10.2 Å². The average Bonchev–Trinajstić information content (AvgIpc) is 3.45. The lowest BCUT2D eigenvalue weighted by molar-refractivity contribution is -0.121. The fourth-order valence-electron chi connectivity index (χ4n) is 2.86. The van der Waals surface area contributed by atoms with Crippen molar-refractivity contribution in [3.8, 4) is 11.5 Å². The number of nitrogens with zero attached hydrogens (tertiary/aromatic N) is 3. The molecule has 0 aliphatic carbocycles. The van der Waals surface area contributed by atoms with Crippen molar-refractivity contribution in [2.24, 2.45) is 7.05 Å². The fraction of sp³-hybridized carbons (Fsp3) is 0.158. The van der Waals surface area contributed by atoms with Crippen LogP contribution in [0.4, 0.5) is 0 Å². The number of fused-ring (bicyclic) bond motifs is 1. The van der Waals surface area contributed by atoms with Crippen LogP contribution in [0.5, 0.6) is 0 Å². The molecule has 0 atom stereocenters. The van der Waals surface area contributed by atoms with Crippen LogP contribution >= 0.6 is 11.3 Å². The predicted octanol–water partition coefficient (Wildman–Crippen LogP) is 2.68. The van der Waals surface area contributed by atoms with Crippen LogP contribution in [0.2, 0.25) is 0 Å². The number of amides is 2. The van der Waals surface area contributed by atoms with E-state index in [0.717, 1.165) is 16.5 Å². The number of para-hydroxylation sites is 1. The maximum atomic E-state index is 12.4. The molecule has 28 heavy (non-hydrogen) atoms. The Kier molecular flexibility index (Phi) is 4.90. The average molecular weight is 395 g/mol. The second-order valence-electron chi connectivity index (χ2n) is 6.19. The predicted molar refractivity (Wildman–Crippen MR) is 104 cm³/mol. The lowest BCUT2D eigenvalue weighted by Gasteiger charge is -2.06. The van der Waals surface area contributed by atoms with Gasteiger partial charge in [-0.2, -0.15) is 11.3 Å². The lowest BCUT2D eigenvalue weighted by Crippen LogP contribution is -2.41. The smallest absolute Gasteiger partial charge is 0.271 e. The van der Waals surface area contributed by atoms with Crippen molar-refractivity contribution in [3.05, 3.63) is 58.7 Å². The van der Waals surface area contributed by atoms with Gasteiger partial charge in [0.15, 0.2) is 0 Å². The van der Waals surface area contributed by atoms with Crippen LogP contribution in [0, 0.1) is 0 Å². The number of aryl methyl sites for hydroxylation is 2. The van der Waals surface area contributed by atoms with Crippen molar-refractivity contribution in [3.63, 3.8) is 0 Å². The molecule has 0 saturated heterocycles. The molecule has 0 fully saturated rings. The van der Waals surface area contributed by atoms with E-state index in [9.17, 15) is 9.59 Å². The minimum absolute atomic E-state index is 0.112. The topological polar surface area (TPSA) is 102 Å². The Balaban J connectivity index is 1.31. The molecule has 2 N–H and O–H groups in total. The van der Waals surface area contributed by atoms with Gasteiger partial charge in [-0.05, 0) is 17.5 Å². The number of hydrogen-bond donors (Lipinski definition) is 2. The van der Waals surface area contributed by atoms with Crippen molar-refractivity contribution in [2.75, 3.05) is 0 Å². The van der Waals surface area contributed by atoms with Crippen LogP contribution in [0.3, 0.4) is 0 Å². The molecular weight excluding hydrogens is 378 g/mol. The quantitative estimate of drug-likeness (QED) is 0.506. The number of rotatable bonds is 5. The van der Waals surface area contributed by atoms with Gasteiger partial charge in [0.05, 0.1) is 5.56 Å². The first-order valence-corrected chi connectivity index (χ1v) is 9.54. The first kappa shape index (κ1) is 17.9. The number of carbonyl (C=O) groups excluding carboxylic acids is 2. The molecule has 4 rings (SSSR count). The summed E-state index contributed by atoms with van der Waals surface area (Å²) in [4.78, 5) is 24.4. The standard InChI is InChI=1S/C19H17N5O3S/c1-24-10-14(13-4-2-3-5-15(13)24)18(26)22-20-16(25)6-7-17-21-23-19(27-17)12-8-9-28-11-12/h2-5,8-11H,6-7H2,1H3,(H,20,25)(H,22,26). The molecule has 0 radical (unpaired) electrons. The zero-order valence-electron chi connectivity index (χ0n) is 15.0. The summed E-state index contributed by atoms with van der Waals surface area (Å²) in [7, 11) is 1.87. The van der Waals surface area contributed by atoms with E-state index in [-0.39, 0.29) is 24.7 Å². The summed E-state index contributed by atoms with van der Waals surface area (Å²) in [5, 5.41) is 12.6. The van der Waals surface area contributed by atoms with E-state index in [4.69, 9.17) is 4.42 Å². The fourth-order valence-corrected chi connectivity index (χ4v) is 3.49. The van der Waals surface area contributed by atoms with E-state index in [1.807, 2.05) is 52.7 Å². The molecule has 142 valence electrons. The van der Waals surface area contributed by atoms with Gasteiger partial charge in [-0.3, -0.25) is 20.4 Å². The van der Waals surface area contributed by atoms with E-state index in [2.05, 4.69) is 21.0 Å². The summed E-state index contributed by atoms with van der Waals surface area (Å²) in [5.41, 5.74) is 7.17. The summed E-state index contributed by atoms with van der Waals surface area (Å²) in [5.74, 6) is 0.0872. The van der Waals surface area contributed by atoms with Gasteiger partial charge < -0.3 is 8.98 Å². The normalized spacial score (nSPS) is 10.9. The van der Waals surface area contributed by atoms with Crippen molar-refractivity contribution in [1.29, 1.82) is 0 Å². The van der Waals surface area contributed by atoms with Crippen LogP contribution in [-0.2, 0) is 18.3 Å². The zero-order chi connectivity index (χ0) is 19.5. The minimum Gasteiger partial charge on any atom is -0.421 e. The van der Waals surface area contributed by atoms with Crippen molar-refractivity contribution in [1.82, 2.24) is 25.6 Å². The molecule has 8 nitrogen and oxygen atoms in total. The first-order valence-electron chi connectivity index (χ1n) is 8.60. The van der Waals surface area contributed by atoms with E-state index >= 15 is 0 Å². The Bertz CT molecular complexity index is 1130. The third kappa shape index (κ3) is 3.65. The summed E-state index contributed by atoms with van der Waals surface area (Å²) in [6, 6.07) is 9.46. The van der Waals surface area contributed by atoms with Crippen LogP contribution in [0.25, 0.3) is 22.4 Å². The maximum absolute atomic E-state index is 12.4. The molecule has 0 saturated carbocycles. The number of carbonyl (C=O) groups is 2. The van der Waals surface area contributed by atoms with Gasteiger partial charge in [0.2, 0.25) is 17.7 Å². The van der Waals surface area contributed by atoms with Gasteiger partial charge >= 0.3 is 0 Å². The molecule has 0 bridgehead atoms. The third-order valence-corrected chi connectivity index (χ3v) is 4.94. The van der Waals surface area contributed by atoms with Crippen LogP contribution in [0.1, 0.15) is 22.7 Å². The van der Waals surface area contributed by atoms with Crippen LogP contribution in [-0.4, -0.2) is 26.6 Å². The highest BCUT2D eigenvalue weighted by Crippen LogP contribution is 2.21. The third-order valence-electron chi connectivity index (χ3n) is 4.26. The number of aromatic nitrogens is 3. The van der Waals surface area contributed by atoms with Crippen LogP contribution in [0.15, 0.2) is 51.7 Å². The Hall–Kier alpha value is -3.46. The summed E-state index contributed by atoms with van der Waals surface area (Å²) in [6.07, 6.45) is 2.13. The molecule has 2 amide bonds. The Labute approximate surface area is 164 Å². The molecule has 3 heterocycles. The number of hydrazine groups is 1. The second kappa shape index (κ2) is 7.65. The maximum Gasteiger partial charge on any atom is 0.271 e. The number of thiophene rings is 1. The van der Waals surface area contributed by atoms with Gasteiger partial charge in [0, 0.05) is 47.9 Å².